The van der Waals surface area contributed by atoms with Crippen LogP contribution in [0.4, 0.5) is 22.0 Å². The summed E-state index contributed by atoms with van der Waals surface area (Å²) in [4.78, 5) is 12.6. The molecule has 0 saturated heterocycles. The van der Waals surface area contributed by atoms with E-state index in [2.05, 4.69) is 0 Å². The van der Waals surface area contributed by atoms with Gasteiger partial charge in [0.1, 0.15) is 12.4 Å². The largest absolute Gasteiger partial charge is 0.496 e. The molecule has 0 amide bonds. The van der Waals surface area contributed by atoms with Gasteiger partial charge < -0.3 is 9.47 Å². The summed E-state index contributed by atoms with van der Waals surface area (Å²) >= 11 is 6.92. The molecule has 1 aromatic heterocycles. The molecule has 1 heterocycles. The van der Waals surface area contributed by atoms with Crippen molar-refractivity contribution in [2.75, 3.05) is 7.11 Å². The minimum absolute atomic E-state index is 0.248. The van der Waals surface area contributed by atoms with Gasteiger partial charge in [0.05, 0.1) is 16.3 Å². The first-order valence-corrected chi connectivity index (χ1v) is 9.71. The summed E-state index contributed by atoms with van der Waals surface area (Å²) in [5.41, 5.74) is 0.757. The predicted octanol–water partition coefficient (Wildman–Crippen LogP) is 6.58. The highest BCUT2D eigenvalue weighted by Gasteiger charge is 2.27. The van der Waals surface area contributed by atoms with Crippen LogP contribution in [0.1, 0.15) is 20.8 Å². The van der Waals surface area contributed by atoms with Crippen molar-refractivity contribution < 1.29 is 36.2 Å². The summed E-state index contributed by atoms with van der Waals surface area (Å²) in [6.45, 7) is -0.558. The van der Waals surface area contributed by atoms with E-state index in [-0.39, 0.29) is 17.1 Å². The molecular weight excluding hydrogens is 463 g/mol. The first kappa shape index (κ1) is 22.8. The van der Waals surface area contributed by atoms with Crippen LogP contribution in [-0.4, -0.2) is 12.9 Å². The molecule has 31 heavy (non-hydrogen) atoms. The summed E-state index contributed by atoms with van der Waals surface area (Å²) in [7, 11) is 1.33. The second-order valence-corrected chi connectivity index (χ2v) is 7.78. The van der Waals surface area contributed by atoms with Gasteiger partial charge in [-0.05, 0) is 35.9 Å². The number of thiophene rings is 1. The van der Waals surface area contributed by atoms with Crippen molar-refractivity contribution >= 4 is 34.8 Å². The summed E-state index contributed by atoms with van der Waals surface area (Å²) in [6.07, 6.45) is 2.79. The Morgan fingerprint density at radius 2 is 1.65 bits per heavy atom. The Morgan fingerprint density at radius 1 is 1.00 bits per heavy atom. The van der Waals surface area contributed by atoms with Crippen molar-refractivity contribution in [3.05, 3.63) is 85.8 Å². The number of methoxy groups -OCH3 is 1. The molecule has 0 saturated carbocycles. The summed E-state index contributed by atoms with van der Waals surface area (Å²) in [6, 6.07) is 7.76. The lowest BCUT2D eigenvalue weighted by Crippen LogP contribution is -2.07. The molecule has 0 bridgehead atoms. The van der Waals surface area contributed by atoms with E-state index >= 15 is 0 Å². The van der Waals surface area contributed by atoms with Crippen molar-refractivity contribution in [1.82, 2.24) is 0 Å². The van der Waals surface area contributed by atoms with Crippen LogP contribution in [0.2, 0.25) is 4.34 Å². The number of rotatable bonds is 7. The number of ether oxygens (including phenoxy) is 2. The molecule has 0 aliphatic heterocycles. The average Bonchev–Trinajstić information content (AvgIpc) is 3.21. The number of allylic oxidation sites excluding steroid dienone is 1. The van der Waals surface area contributed by atoms with Crippen molar-refractivity contribution in [3.63, 3.8) is 0 Å². The van der Waals surface area contributed by atoms with Crippen molar-refractivity contribution in [3.8, 4) is 11.5 Å². The predicted molar refractivity (Wildman–Crippen MR) is 106 cm³/mol. The number of carbonyl (C=O) groups is 1. The van der Waals surface area contributed by atoms with Gasteiger partial charge in [-0.2, -0.15) is 8.78 Å². The molecule has 0 aliphatic rings. The first-order valence-electron chi connectivity index (χ1n) is 8.51. The Morgan fingerprint density at radius 3 is 2.23 bits per heavy atom. The zero-order chi connectivity index (χ0) is 22.7. The molecule has 162 valence electrons. The summed E-state index contributed by atoms with van der Waals surface area (Å²) in [5.74, 6) is -12.1. The molecule has 3 aromatic rings. The Hall–Kier alpha value is -2.91. The summed E-state index contributed by atoms with van der Waals surface area (Å²) < 4.78 is 77.9. The molecular formula is C21H12ClF5O3S. The van der Waals surface area contributed by atoms with Gasteiger partial charge in [-0.1, -0.05) is 23.7 Å². The van der Waals surface area contributed by atoms with E-state index < -0.39 is 41.4 Å². The van der Waals surface area contributed by atoms with E-state index in [9.17, 15) is 26.7 Å². The van der Waals surface area contributed by atoms with Crippen molar-refractivity contribution in [1.29, 1.82) is 0 Å². The van der Waals surface area contributed by atoms with Crippen LogP contribution < -0.4 is 9.47 Å². The van der Waals surface area contributed by atoms with Gasteiger partial charge >= 0.3 is 0 Å². The molecule has 2 aromatic carbocycles. The van der Waals surface area contributed by atoms with E-state index in [4.69, 9.17) is 21.1 Å². The van der Waals surface area contributed by atoms with E-state index in [0.29, 0.717) is 14.8 Å². The molecule has 3 nitrogen and oxygen atoms in total. The number of hydrogen-bond acceptors (Lipinski definition) is 4. The topological polar surface area (TPSA) is 35.5 Å². The lowest BCUT2D eigenvalue weighted by molar-refractivity contribution is 0.105. The monoisotopic (exact) mass is 474 g/mol. The van der Waals surface area contributed by atoms with Crippen LogP contribution in [0, 0.1) is 29.1 Å². The van der Waals surface area contributed by atoms with Crippen LogP contribution in [0.15, 0.2) is 36.4 Å². The van der Waals surface area contributed by atoms with Crippen molar-refractivity contribution in [2.45, 2.75) is 6.61 Å². The SMILES string of the molecule is COc1ccc(/C=C/C(=O)c2ccc(Cl)s2)cc1COc1c(F)c(F)c(F)c(F)c1F. The standard InChI is InChI=1S/C21H12ClF5O3S/c1-29-13-5-3-10(2-4-12(28)14-6-7-15(22)31-14)8-11(13)9-30-21-19(26)17(24)16(23)18(25)20(21)27/h2-8H,9H2,1H3/b4-2+. The highest BCUT2D eigenvalue weighted by Crippen LogP contribution is 2.31. The molecule has 10 heteroatoms. The molecule has 0 spiro atoms. The lowest BCUT2D eigenvalue weighted by atomic mass is 10.1. The zero-order valence-corrected chi connectivity index (χ0v) is 17.2. The van der Waals surface area contributed by atoms with E-state index in [1.165, 1.54) is 31.4 Å². The number of hydrogen-bond donors (Lipinski definition) is 0. The molecule has 0 radical (unpaired) electrons. The molecule has 3 rings (SSSR count). The fourth-order valence-electron chi connectivity index (χ4n) is 2.58. The quantitative estimate of drug-likeness (QED) is 0.127. The highest BCUT2D eigenvalue weighted by molar-refractivity contribution is 7.18. The maximum Gasteiger partial charge on any atom is 0.207 e. The zero-order valence-electron chi connectivity index (χ0n) is 15.6. The summed E-state index contributed by atoms with van der Waals surface area (Å²) in [5, 5.41) is 0. The van der Waals surface area contributed by atoms with Crippen molar-refractivity contribution in [2.24, 2.45) is 0 Å². The second kappa shape index (κ2) is 9.49. The van der Waals surface area contributed by atoms with E-state index in [0.717, 1.165) is 11.3 Å². The minimum atomic E-state index is -2.27. The third-order valence-corrected chi connectivity index (χ3v) is 5.33. The Balaban J connectivity index is 1.84. The Bertz CT molecular complexity index is 1150. The normalized spacial score (nSPS) is 11.2. The van der Waals surface area contributed by atoms with Crippen LogP contribution in [0.25, 0.3) is 6.08 Å². The van der Waals surface area contributed by atoms with Gasteiger partial charge in [-0.15, -0.1) is 11.3 Å². The van der Waals surface area contributed by atoms with Gasteiger partial charge in [0, 0.05) is 5.56 Å². The second-order valence-electron chi connectivity index (χ2n) is 6.06. The maximum absolute atomic E-state index is 13.8. The lowest BCUT2D eigenvalue weighted by Gasteiger charge is -2.13. The number of ketones is 1. The average molecular weight is 475 g/mol. The molecule has 0 N–H and O–H groups in total. The minimum Gasteiger partial charge on any atom is -0.496 e. The fraction of sp³-hybridized carbons (Fsp3) is 0.0952. The number of carbonyl (C=O) groups excluding carboxylic acids is 1. The molecule has 0 fully saturated rings. The third-order valence-electron chi connectivity index (χ3n) is 4.09. The number of halogens is 6. The smallest absolute Gasteiger partial charge is 0.207 e. The fourth-order valence-corrected chi connectivity index (χ4v) is 3.54. The van der Waals surface area contributed by atoms with Crippen LogP contribution in [0.3, 0.4) is 0 Å². The van der Waals surface area contributed by atoms with Gasteiger partial charge in [-0.3, -0.25) is 4.79 Å². The molecule has 0 aliphatic carbocycles. The van der Waals surface area contributed by atoms with Crippen LogP contribution in [0.5, 0.6) is 11.5 Å². The third kappa shape index (κ3) is 4.88. The van der Waals surface area contributed by atoms with Gasteiger partial charge in [0.15, 0.2) is 11.5 Å². The van der Waals surface area contributed by atoms with Gasteiger partial charge in [-0.25, -0.2) is 13.2 Å². The van der Waals surface area contributed by atoms with Gasteiger partial charge in [0.2, 0.25) is 29.1 Å². The molecule has 0 unspecified atom stereocenters. The van der Waals surface area contributed by atoms with E-state index in [1.54, 1.807) is 18.2 Å². The Labute approximate surface area is 182 Å². The first-order chi connectivity index (χ1) is 14.7. The van der Waals surface area contributed by atoms with E-state index in [1.807, 2.05) is 0 Å². The highest BCUT2D eigenvalue weighted by atomic mass is 35.5. The van der Waals surface area contributed by atoms with Gasteiger partial charge in [0.25, 0.3) is 0 Å². The van der Waals surface area contributed by atoms with Crippen LogP contribution in [-0.2, 0) is 6.61 Å². The maximum atomic E-state index is 13.8. The number of benzene rings is 2. The van der Waals surface area contributed by atoms with Crippen LogP contribution >= 0.6 is 22.9 Å². The molecule has 0 atom stereocenters. The Kier molecular flexibility index (Phi) is 6.97.